The fraction of sp³-hybridized carbons (Fsp3) is 0.267. The topological polar surface area (TPSA) is 62.3 Å². The van der Waals surface area contributed by atoms with Gasteiger partial charge in [0.05, 0.1) is 5.69 Å². The lowest BCUT2D eigenvalue weighted by atomic mass is 10.3. The Morgan fingerprint density at radius 1 is 1.10 bits per heavy atom. The number of hydrogen-bond donors (Lipinski definition) is 1. The summed E-state index contributed by atoms with van der Waals surface area (Å²) in [4.78, 5) is 4.32. The zero-order valence-corrected chi connectivity index (χ0v) is 13.0. The maximum atomic E-state index is 12.9. The van der Waals surface area contributed by atoms with Gasteiger partial charge in [-0.2, -0.15) is 0 Å². The minimum absolute atomic E-state index is 0.192. The maximum absolute atomic E-state index is 12.9. The first kappa shape index (κ1) is 15.3. The third-order valence-corrected chi connectivity index (χ3v) is 4.95. The summed E-state index contributed by atoms with van der Waals surface area (Å²) < 4.78 is 27.2. The van der Waals surface area contributed by atoms with E-state index in [1.807, 2.05) is 32.0 Å². The summed E-state index contributed by atoms with van der Waals surface area (Å²) in [5, 5.41) is 3.00. The molecule has 2 aromatic rings. The highest BCUT2D eigenvalue weighted by atomic mass is 32.2. The van der Waals surface area contributed by atoms with Gasteiger partial charge in [0, 0.05) is 19.3 Å². The van der Waals surface area contributed by atoms with E-state index in [1.54, 1.807) is 30.5 Å². The average molecular weight is 305 g/mol. The van der Waals surface area contributed by atoms with Crippen LogP contribution in [0.1, 0.15) is 13.8 Å². The molecular formula is C15H19N3O2S. The number of benzene rings is 1. The number of hydrogen-bond acceptors (Lipinski definition) is 4. The van der Waals surface area contributed by atoms with Gasteiger partial charge >= 0.3 is 0 Å². The van der Waals surface area contributed by atoms with Crippen molar-refractivity contribution in [2.75, 3.05) is 22.7 Å². The first-order chi connectivity index (χ1) is 10.1. The first-order valence-electron chi connectivity index (χ1n) is 6.88. The summed E-state index contributed by atoms with van der Waals surface area (Å²) in [6.07, 6.45) is 1.58. The molecular weight excluding hydrogens is 286 g/mol. The lowest BCUT2D eigenvalue weighted by Crippen LogP contribution is -2.31. The molecule has 0 aliphatic rings. The van der Waals surface area contributed by atoms with Crippen molar-refractivity contribution in [3.05, 3.63) is 48.7 Å². The molecule has 0 fully saturated rings. The van der Waals surface area contributed by atoms with Gasteiger partial charge in [-0.3, -0.25) is 4.31 Å². The molecule has 112 valence electrons. The average Bonchev–Trinajstić information content (AvgIpc) is 2.49. The van der Waals surface area contributed by atoms with Crippen LogP contribution in [0.25, 0.3) is 0 Å². The summed E-state index contributed by atoms with van der Waals surface area (Å²) in [6.45, 7) is 4.68. The van der Waals surface area contributed by atoms with Gasteiger partial charge in [0.2, 0.25) is 0 Å². The third kappa shape index (κ3) is 3.16. The summed E-state index contributed by atoms with van der Waals surface area (Å²) in [5.41, 5.74) is 0.645. The maximum Gasteiger partial charge on any atom is 0.267 e. The van der Waals surface area contributed by atoms with E-state index >= 15 is 0 Å². The van der Waals surface area contributed by atoms with E-state index in [0.717, 1.165) is 0 Å². The second-order valence-electron chi connectivity index (χ2n) is 4.39. The highest BCUT2D eigenvalue weighted by Gasteiger charge is 2.26. The largest absolute Gasteiger partial charge is 0.369 e. The highest BCUT2D eigenvalue weighted by molar-refractivity contribution is 7.93. The third-order valence-electron chi connectivity index (χ3n) is 3.01. The molecule has 0 aliphatic heterocycles. The fourth-order valence-corrected chi connectivity index (χ4v) is 3.70. The zero-order chi connectivity index (χ0) is 15.3. The number of nitrogens with zero attached hydrogens (tertiary/aromatic N) is 2. The number of pyridine rings is 1. The SMILES string of the molecule is CCNc1ncccc1S(=O)(=O)N(CC)c1ccccc1. The zero-order valence-electron chi connectivity index (χ0n) is 12.2. The van der Waals surface area contributed by atoms with Crippen LogP contribution >= 0.6 is 0 Å². The van der Waals surface area contributed by atoms with Crippen LogP contribution in [0, 0.1) is 0 Å². The summed E-state index contributed by atoms with van der Waals surface area (Å²) in [6, 6.07) is 12.3. The molecule has 1 N–H and O–H groups in total. The number of para-hydroxylation sites is 1. The molecule has 5 nitrogen and oxygen atoms in total. The van der Waals surface area contributed by atoms with Crippen molar-refractivity contribution in [3.63, 3.8) is 0 Å². The molecule has 0 atom stereocenters. The van der Waals surface area contributed by atoms with Gasteiger partial charge in [-0.15, -0.1) is 0 Å². The lowest BCUT2D eigenvalue weighted by Gasteiger charge is -2.23. The van der Waals surface area contributed by atoms with Crippen LogP contribution in [0.5, 0.6) is 0 Å². The monoisotopic (exact) mass is 305 g/mol. The Morgan fingerprint density at radius 2 is 1.81 bits per heavy atom. The molecule has 0 unspecified atom stereocenters. The quantitative estimate of drug-likeness (QED) is 0.891. The highest BCUT2D eigenvalue weighted by Crippen LogP contribution is 2.26. The van der Waals surface area contributed by atoms with E-state index < -0.39 is 10.0 Å². The molecule has 0 amide bonds. The normalized spacial score (nSPS) is 11.1. The van der Waals surface area contributed by atoms with Crippen LogP contribution in [-0.4, -0.2) is 26.5 Å². The Labute approximate surface area is 125 Å². The lowest BCUT2D eigenvalue weighted by molar-refractivity contribution is 0.592. The molecule has 0 saturated carbocycles. The smallest absolute Gasteiger partial charge is 0.267 e. The molecule has 0 bridgehead atoms. The molecule has 1 aromatic heterocycles. The van der Waals surface area contributed by atoms with Crippen LogP contribution < -0.4 is 9.62 Å². The Hall–Kier alpha value is -2.08. The van der Waals surface area contributed by atoms with Crippen molar-refractivity contribution in [1.29, 1.82) is 0 Å². The number of nitrogens with one attached hydrogen (secondary N) is 1. The van der Waals surface area contributed by atoms with Crippen molar-refractivity contribution in [2.24, 2.45) is 0 Å². The minimum atomic E-state index is -3.65. The molecule has 1 heterocycles. The van der Waals surface area contributed by atoms with Crippen molar-refractivity contribution < 1.29 is 8.42 Å². The summed E-state index contributed by atoms with van der Waals surface area (Å²) >= 11 is 0. The van der Waals surface area contributed by atoms with Crippen molar-refractivity contribution in [1.82, 2.24) is 4.98 Å². The van der Waals surface area contributed by atoms with E-state index in [4.69, 9.17) is 0 Å². The van der Waals surface area contributed by atoms with Crippen LogP contribution in [-0.2, 0) is 10.0 Å². The number of rotatable bonds is 6. The standard InChI is InChI=1S/C15H19N3O2S/c1-3-16-15-14(11-8-12-17-15)21(19,20)18(4-2)13-9-6-5-7-10-13/h5-12H,3-4H2,1-2H3,(H,16,17). The van der Waals surface area contributed by atoms with E-state index in [9.17, 15) is 8.42 Å². The minimum Gasteiger partial charge on any atom is -0.369 e. The number of sulfonamides is 1. The molecule has 0 radical (unpaired) electrons. The van der Waals surface area contributed by atoms with Crippen molar-refractivity contribution >= 4 is 21.5 Å². The van der Waals surface area contributed by atoms with E-state index in [0.29, 0.717) is 24.6 Å². The van der Waals surface area contributed by atoms with Gasteiger partial charge in [0.15, 0.2) is 0 Å². The number of anilines is 2. The molecule has 6 heteroatoms. The molecule has 21 heavy (non-hydrogen) atoms. The van der Waals surface area contributed by atoms with Gasteiger partial charge < -0.3 is 5.32 Å². The van der Waals surface area contributed by atoms with Crippen LogP contribution in [0.15, 0.2) is 53.6 Å². The van der Waals surface area contributed by atoms with Gasteiger partial charge in [0.25, 0.3) is 10.0 Å². The number of aromatic nitrogens is 1. The van der Waals surface area contributed by atoms with E-state index in [1.165, 1.54) is 4.31 Å². The second kappa shape index (κ2) is 6.58. The Kier molecular flexibility index (Phi) is 4.80. The predicted octanol–water partition coefficient (Wildman–Crippen LogP) is 2.73. The second-order valence-corrected chi connectivity index (χ2v) is 6.22. The Balaban J connectivity index is 2.50. The summed E-state index contributed by atoms with van der Waals surface area (Å²) in [7, 11) is -3.65. The van der Waals surface area contributed by atoms with Gasteiger partial charge in [-0.05, 0) is 38.1 Å². The fourth-order valence-electron chi connectivity index (χ4n) is 2.10. The van der Waals surface area contributed by atoms with E-state index in [2.05, 4.69) is 10.3 Å². The molecule has 0 aliphatic carbocycles. The predicted molar refractivity (Wildman–Crippen MR) is 85.0 cm³/mol. The van der Waals surface area contributed by atoms with Crippen molar-refractivity contribution in [3.8, 4) is 0 Å². The van der Waals surface area contributed by atoms with Gasteiger partial charge in [-0.1, -0.05) is 18.2 Å². The summed E-state index contributed by atoms with van der Waals surface area (Å²) in [5.74, 6) is 0.384. The molecule has 1 aromatic carbocycles. The Bertz CT molecular complexity index is 687. The van der Waals surface area contributed by atoms with Crippen LogP contribution in [0.3, 0.4) is 0 Å². The van der Waals surface area contributed by atoms with Crippen LogP contribution in [0.4, 0.5) is 11.5 Å². The van der Waals surface area contributed by atoms with Crippen molar-refractivity contribution in [2.45, 2.75) is 18.7 Å². The van der Waals surface area contributed by atoms with Gasteiger partial charge in [0.1, 0.15) is 10.7 Å². The van der Waals surface area contributed by atoms with E-state index in [-0.39, 0.29) is 4.90 Å². The molecule has 2 rings (SSSR count). The molecule has 0 saturated heterocycles. The Morgan fingerprint density at radius 3 is 2.43 bits per heavy atom. The first-order valence-corrected chi connectivity index (χ1v) is 8.32. The van der Waals surface area contributed by atoms with Crippen LogP contribution in [0.2, 0.25) is 0 Å². The molecule has 0 spiro atoms. The van der Waals surface area contributed by atoms with Gasteiger partial charge in [-0.25, -0.2) is 13.4 Å².